The van der Waals surface area contributed by atoms with E-state index in [2.05, 4.69) is 107 Å². The van der Waals surface area contributed by atoms with Gasteiger partial charge in [-0.3, -0.25) is 0 Å². The number of hydrogen-bond donors (Lipinski definition) is 0. The number of anilines is 2. The number of rotatable bonds is 2. The molecule has 0 bridgehead atoms. The molecule has 4 aliphatic rings. The summed E-state index contributed by atoms with van der Waals surface area (Å²) in [5.74, 6) is 3.59. The van der Waals surface area contributed by atoms with Crippen molar-refractivity contribution in [3.63, 3.8) is 0 Å². The van der Waals surface area contributed by atoms with Crippen LogP contribution in [0.4, 0.5) is 11.4 Å². The van der Waals surface area contributed by atoms with E-state index in [-0.39, 0.29) is 6.71 Å². The third-order valence-electron chi connectivity index (χ3n) is 9.43. The Bertz CT molecular complexity index is 2200. The summed E-state index contributed by atoms with van der Waals surface area (Å²) < 4.78 is 14.6. The summed E-state index contributed by atoms with van der Waals surface area (Å²) in [6.07, 6.45) is 4.76. The number of hydrogen-bond acceptors (Lipinski definition) is 5. The highest BCUT2D eigenvalue weighted by Crippen LogP contribution is 2.51. The van der Waals surface area contributed by atoms with Crippen LogP contribution in [-0.2, 0) is 0 Å². The number of thiophene rings is 1. The number of para-hydroxylation sites is 1. The smallest absolute Gasteiger partial charge is 0.260 e. The molecule has 0 fully saturated rings. The molecule has 0 atom stereocenters. The zero-order chi connectivity index (χ0) is 28.8. The maximum Gasteiger partial charge on any atom is 0.260 e. The van der Waals surface area contributed by atoms with E-state index in [4.69, 9.17) is 9.47 Å². The van der Waals surface area contributed by atoms with Crippen molar-refractivity contribution in [1.29, 1.82) is 0 Å². The standard InChI is InChI=1S/C38H26BNO2S2/c1-4-13-35-25(8-1)26(22-43-35)23-16-19-31-28(20-23)39-27-18-17-24(21-34(27)42-33-12-7-11-32(41-31)38(33)39)40-29-9-2-5-14-36(29)44-37-15-6-3-10-30(37)40/h1-2,4-5,7-9,11-14,16-22H,3,6,10,15H2. The van der Waals surface area contributed by atoms with E-state index < -0.39 is 0 Å². The molecular weight excluding hydrogens is 577 g/mol. The number of nitrogens with zero attached hydrogens (tertiary/aromatic N) is 1. The number of allylic oxidation sites excluding steroid dienone is 2. The van der Waals surface area contributed by atoms with Gasteiger partial charge in [0.05, 0.1) is 5.69 Å². The van der Waals surface area contributed by atoms with Crippen LogP contribution >= 0.6 is 23.1 Å². The van der Waals surface area contributed by atoms with Crippen LogP contribution in [0.1, 0.15) is 25.7 Å². The quantitative estimate of drug-likeness (QED) is 0.184. The summed E-state index contributed by atoms with van der Waals surface area (Å²) in [5.41, 5.74) is 9.85. The molecule has 1 aliphatic carbocycles. The van der Waals surface area contributed by atoms with Crippen molar-refractivity contribution in [1.82, 2.24) is 0 Å². The fourth-order valence-corrected chi connectivity index (χ4v) is 9.64. The van der Waals surface area contributed by atoms with Crippen molar-refractivity contribution in [2.75, 3.05) is 4.90 Å². The Balaban J connectivity index is 1.14. The first-order chi connectivity index (χ1) is 21.8. The summed E-state index contributed by atoms with van der Waals surface area (Å²) >= 11 is 3.76. The first-order valence-electron chi connectivity index (χ1n) is 15.3. The molecule has 5 aromatic carbocycles. The van der Waals surface area contributed by atoms with Gasteiger partial charge in [0.25, 0.3) is 6.71 Å². The van der Waals surface area contributed by atoms with Crippen LogP contribution in [0.25, 0.3) is 21.2 Å². The van der Waals surface area contributed by atoms with Gasteiger partial charge in [0.2, 0.25) is 0 Å². The molecule has 0 saturated carbocycles. The van der Waals surface area contributed by atoms with Gasteiger partial charge in [0.15, 0.2) is 0 Å². The lowest BCUT2D eigenvalue weighted by Crippen LogP contribution is -2.57. The summed E-state index contributed by atoms with van der Waals surface area (Å²) in [5, 5.41) is 3.58. The number of thioether (sulfide) groups is 1. The lowest BCUT2D eigenvalue weighted by Gasteiger charge is -2.38. The molecule has 4 heterocycles. The van der Waals surface area contributed by atoms with Crippen LogP contribution in [0.15, 0.2) is 124 Å². The highest BCUT2D eigenvalue weighted by molar-refractivity contribution is 8.03. The van der Waals surface area contributed by atoms with Gasteiger partial charge in [-0.2, -0.15) is 0 Å². The van der Waals surface area contributed by atoms with Gasteiger partial charge in [-0.15, -0.1) is 11.3 Å². The normalized spacial score (nSPS) is 15.9. The predicted octanol–water partition coefficient (Wildman–Crippen LogP) is 9.33. The molecule has 6 heteroatoms. The van der Waals surface area contributed by atoms with Crippen LogP contribution < -0.4 is 30.8 Å². The van der Waals surface area contributed by atoms with Crippen LogP contribution in [0.3, 0.4) is 0 Å². The number of benzene rings is 5. The molecule has 0 spiro atoms. The average molecular weight is 604 g/mol. The van der Waals surface area contributed by atoms with Crippen molar-refractivity contribution in [3.8, 4) is 34.1 Å². The van der Waals surface area contributed by atoms with Crippen molar-refractivity contribution >= 4 is 67.7 Å². The monoisotopic (exact) mass is 603 g/mol. The van der Waals surface area contributed by atoms with Crippen molar-refractivity contribution < 1.29 is 9.47 Å². The minimum absolute atomic E-state index is 0.0289. The molecule has 0 amide bonds. The Labute approximate surface area is 264 Å². The van der Waals surface area contributed by atoms with Crippen molar-refractivity contribution in [2.45, 2.75) is 30.6 Å². The summed E-state index contributed by atoms with van der Waals surface area (Å²) in [6.45, 7) is 0.0289. The molecule has 3 nitrogen and oxygen atoms in total. The van der Waals surface area contributed by atoms with E-state index in [9.17, 15) is 0 Å². The topological polar surface area (TPSA) is 21.7 Å². The zero-order valence-electron chi connectivity index (χ0n) is 23.9. The molecule has 0 radical (unpaired) electrons. The average Bonchev–Trinajstić information content (AvgIpc) is 3.51. The zero-order valence-corrected chi connectivity index (χ0v) is 25.5. The van der Waals surface area contributed by atoms with Crippen molar-refractivity contribution in [3.05, 3.63) is 119 Å². The molecule has 0 unspecified atom stereocenters. The molecular formula is C38H26BNO2S2. The molecule has 0 N–H and O–H groups in total. The van der Waals surface area contributed by atoms with Gasteiger partial charge in [0, 0.05) is 48.4 Å². The first kappa shape index (κ1) is 25.0. The Morgan fingerprint density at radius 2 is 1.52 bits per heavy atom. The van der Waals surface area contributed by atoms with Crippen LogP contribution in [0, 0.1) is 0 Å². The summed E-state index contributed by atoms with van der Waals surface area (Å²) in [4.78, 5) is 5.33. The fourth-order valence-electron chi connectivity index (χ4n) is 7.44. The van der Waals surface area contributed by atoms with Crippen LogP contribution in [0.5, 0.6) is 23.0 Å². The summed E-state index contributed by atoms with van der Waals surface area (Å²) in [6, 6.07) is 37.2. The first-order valence-corrected chi connectivity index (χ1v) is 17.0. The van der Waals surface area contributed by atoms with E-state index >= 15 is 0 Å². The Kier molecular flexibility index (Phi) is 5.43. The third kappa shape index (κ3) is 3.65. The Morgan fingerprint density at radius 1 is 0.682 bits per heavy atom. The molecule has 6 aromatic rings. The summed E-state index contributed by atoms with van der Waals surface area (Å²) in [7, 11) is 0. The molecule has 3 aliphatic heterocycles. The molecule has 44 heavy (non-hydrogen) atoms. The van der Waals surface area contributed by atoms with Gasteiger partial charge in [-0.05, 0) is 90.0 Å². The number of ether oxygens (including phenoxy) is 2. The van der Waals surface area contributed by atoms with E-state index in [1.807, 2.05) is 17.8 Å². The molecule has 10 rings (SSSR count). The maximum absolute atomic E-state index is 6.73. The molecule has 1 aromatic heterocycles. The van der Waals surface area contributed by atoms with Crippen LogP contribution in [0.2, 0.25) is 0 Å². The van der Waals surface area contributed by atoms with E-state index in [0.29, 0.717) is 0 Å². The lowest BCUT2D eigenvalue weighted by atomic mass is 9.34. The predicted molar refractivity (Wildman–Crippen MR) is 185 cm³/mol. The second-order valence-corrected chi connectivity index (χ2v) is 14.0. The maximum atomic E-state index is 6.73. The van der Waals surface area contributed by atoms with E-state index in [1.54, 1.807) is 11.3 Å². The second-order valence-electron chi connectivity index (χ2n) is 11.9. The van der Waals surface area contributed by atoms with Crippen molar-refractivity contribution in [2.24, 2.45) is 0 Å². The Morgan fingerprint density at radius 3 is 2.48 bits per heavy atom. The Hall–Kier alpha value is -4.39. The highest BCUT2D eigenvalue weighted by atomic mass is 32.2. The largest absolute Gasteiger partial charge is 0.458 e. The van der Waals surface area contributed by atoms with Gasteiger partial charge in [0.1, 0.15) is 23.0 Å². The minimum atomic E-state index is 0.0289. The molecule has 0 saturated heterocycles. The highest BCUT2D eigenvalue weighted by Gasteiger charge is 2.41. The second kappa shape index (κ2) is 9.56. The van der Waals surface area contributed by atoms with Gasteiger partial charge in [-0.1, -0.05) is 66.4 Å². The van der Waals surface area contributed by atoms with Gasteiger partial charge >= 0.3 is 0 Å². The van der Waals surface area contributed by atoms with Gasteiger partial charge in [-0.25, -0.2) is 0 Å². The SMILES string of the molecule is c1cc2c3c(c1)Oc1ccc(-c4csc5ccccc45)cc1B3c1ccc(N3C4=C(CCCC4)Sc4ccccc43)cc1O2. The van der Waals surface area contributed by atoms with Gasteiger partial charge < -0.3 is 14.4 Å². The van der Waals surface area contributed by atoms with Crippen LogP contribution in [-0.4, -0.2) is 6.71 Å². The third-order valence-corrected chi connectivity index (χ3v) is 11.6. The minimum Gasteiger partial charge on any atom is -0.458 e. The van der Waals surface area contributed by atoms with E-state index in [0.717, 1.165) is 47.0 Å². The fraction of sp³-hybridized carbons (Fsp3) is 0.105. The molecule has 210 valence electrons. The lowest BCUT2D eigenvalue weighted by molar-refractivity contribution is 0.464. The van der Waals surface area contributed by atoms with E-state index in [1.165, 1.54) is 66.2 Å². The number of fused-ring (bicyclic) bond motifs is 6.